The third-order valence-electron chi connectivity index (χ3n) is 3.83. The zero-order chi connectivity index (χ0) is 15.3. The summed E-state index contributed by atoms with van der Waals surface area (Å²) < 4.78 is 14.0. The Kier molecular flexibility index (Phi) is 6.05. The highest BCUT2D eigenvalue weighted by molar-refractivity contribution is 6.13. The minimum atomic E-state index is -2.04. The fraction of sp³-hybridized carbons (Fsp3) is 0.529. The summed E-state index contributed by atoms with van der Waals surface area (Å²) in [6, 6.07) is 5.20. The predicted octanol–water partition coefficient (Wildman–Crippen LogP) is 3.95. The first-order chi connectivity index (χ1) is 9.46. The molecule has 1 rings (SSSR count). The number of carbonyl (C=O) groups is 2. The van der Waals surface area contributed by atoms with Crippen LogP contribution < -0.4 is 0 Å². The first kappa shape index (κ1) is 16.5. The maximum absolute atomic E-state index is 14.0. The third-order valence-corrected chi connectivity index (χ3v) is 3.83. The Morgan fingerprint density at radius 3 is 2.20 bits per heavy atom. The van der Waals surface area contributed by atoms with Crippen molar-refractivity contribution >= 4 is 11.6 Å². The summed E-state index contributed by atoms with van der Waals surface area (Å²) in [5.41, 5.74) is 2.50. The minimum absolute atomic E-state index is 0.295. The van der Waals surface area contributed by atoms with E-state index in [1.807, 2.05) is 26.8 Å². The largest absolute Gasteiger partial charge is 0.296 e. The van der Waals surface area contributed by atoms with Crippen LogP contribution in [0.2, 0.25) is 0 Å². The number of alkyl halides is 1. The van der Waals surface area contributed by atoms with Crippen LogP contribution in [0.1, 0.15) is 55.6 Å². The van der Waals surface area contributed by atoms with E-state index in [0.29, 0.717) is 12.0 Å². The molecular formula is C17H23FO2. The van der Waals surface area contributed by atoms with Gasteiger partial charge in [0, 0.05) is 11.5 Å². The first-order valence-electron chi connectivity index (χ1n) is 7.29. The highest BCUT2D eigenvalue weighted by Crippen LogP contribution is 2.18. The topological polar surface area (TPSA) is 34.1 Å². The normalized spacial score (nSPS) is 13.8. The van der Waals surface area contributed by atoms with Gasteiger partial charge in [-0.25, -0.2) is 4.39 Å². The van der Waals surface area contributed by atoms with Crippen molar-refractivity contribution in [3.05, 3.63) is 34.9 Å². The van der Waals surface area contributed by atoms with E-state index >= 15 is 0 Å². The van der Waals surface area contributed by atoms with Crippen LogP contribution in [0.3, 0.4) is 0 Å². The summed E-state index contributed by atoms with van der Waals surface area (Å²) in [7, 11) is 0. The van der Waals surface area contributed by atoms with Gasteiger partial charge in [0.05, 0.1) is 0 Å². The summed E-state index contributed by atoms with van der Waals surface area (Å²) >= 11 is 0. The monoisotopic (exact) mass is 278 g/mol. The van der Waals surface area contributed by atoms with E-state index in [1.54, 1.807) is 19.1 Å². The summed E-state index contributed by atoms with van der Waals surface area (Å²) in [4.78, 5) is 23.8. The third kappa shape index (κ3) is 3.53. The van der Waals surface area contributed by atoms with Crippen LogP contribution in [-0.2, 0) is 17.6 Å². The van der Waals surface area contributed by atoms with Crippen molar-refractivity contribution in [1.29, 1.82) is 0 Å². The molecule has 0 aromatic heterocycles. The van der Waals surface area contributed by atoms with Crippen molar-refractivity contribution in [2.75, 3.05) is 0 Å². The number of ketones is 2. The number of aryl methyl sites for hydroxylation is 2. The summed E-state index contributed by atoms with van der Waals surface area (Å²) in [6.45, 7) is 7.51. The van der Waals surface area contributed by atoms with Gasteiger partial charge in [-0.15, -0.1) is 0 Å². The molecule has 2 atom stereocenters. The predicted molar refractivity (Wildman–Crippen MR) is 78.9 cm³/mol. The van der Waals surface area contributed by atoms with Crippen LogP contribution in [0.4, 0.5) is 4.39 Å². The molecule has 0 saturated carbocycles. The molecule has 3 heteroatoms. The number of hydrogen-bond acceptors (Lipinski definition) is 2. The van der Waals surface area contributed by atoms with E-state index in [-0.39, 0.29) is 0 Å². The van der Waals surface area contributed by atoms with E-state index in [2.05, 4.69) is 0 Å². The molecule has 0 aliphatic rings. The minimum Gasteiger partial charge on any atom is -0.296 e. The van der Waals surface area contributed by atoms with Gasteiger partial charge >= 0.3 is 0 Å². The second-order valence-corrected chi connectivity index (χ2v) is 5.13. The fourth-order valence-corrected chi connectivity index (χ4v) is 2.18. The van der Waals surface area contributed by atoms with Crippen LogP contribution in [0.5, 0.6) is 0 Å². The number of benzene rings is 1. The van der Waals surface area contributed by atoms with Crippen LogP contribution in [0.15, 0.2) is 18.2 Å². The van der Waals surface area contributed by atoms with Gasteiger partial charge in [-0.1, -0.05) is 39.8 Å². The van der Waals surface area contributed by atoms with Gasteiger partial charge in [0.2, 0.25) is 12.0 Å². The van der Waals surface area contributed by atoms with Gasteiger partial charge in [0.25, 0.3) is 0 Å². The Morgan fingerprint density at radius 2 is 1.70 bits per heavy atom. The molecule has 0 bridgehead atoms. The second-order valence-electron chi connectivity index (χ2n) is 5.13. The molecule has 0 saturated heterocycles. The van der Waals surface area contributed by atoms with Gasteiger partial charge in [-0.2, -0.15) is 0 Å². The van der Waals surface area contributed by atoms with Gasteiger partial charge in [0.15, 0.2) is 5.78 Å². The summed E-state index contributed by atoms with van der Waals surface area (Å²) in [6.07, 6.45) is 0.173. The van der Waals surface area contributed by atoms with E-state index in [9.17, 15) is 14.0 Å². The van der Waals surface area contributed by atoms with Crippen molar-refractivity contribution < 1.29 is 14.0 Å². The lowest BCUT2D eigenvalue weighted by molar-refractivity contribution is -0.125. The van der Waals surface area contributed by atoms with Crippen LogP contribution in [-0.4, -0.2) is 17.7 Å². The van der Waals surface area contributed by atoms with Crippen molar-refractivity contribution in [3.63, 3.8) is 0 Å². The van der Waals surface area contributed by atoms with Gasteiger partial charge in [-0.3, -0.25) is 9.59 Å². The Hall–Kier alpha value is -1.51. The highest BCUT2D eigenvalue weighted by Gasteiger charge is 2.30. The van der Waals surface area contributed by atoms with E-state index in [4.69, 9.17) is 0 Å². The molecule has 2 unspecified atom stereocenters. The molecule has 0 N–H and O–H groups in total. The van der Waals surface area contributed by atoms with Crippen LogP contribution in [0, 0.1) is 5.92 Å². The number of rotatable bonds is 7. The maximum atomic E-state index is 14.0. The molecule has 0 amide bonds. The number of carbonyl (C=O) groups excluding carboxylic acids is 2. The van der Waals surface area contributed by atoms with Crippen molar-refractivity contribution in [1.82, 2.24) is 0 Å². The van der Waals surface area contributed by atoms with E-state index in [0.717, 1.165) is 24.0 Å². The maximum Gasteiger partial charge on any atom is 0.221 e. The smallest absolute Gasteiger partial charge is 0.221 e. The van der Waals surface area contributed by atoms with Gasteiger partial charge < -0.3 is 0 Å². The Labute approximate surface area is 120 Å². The van der Waals surface area contributed by atoms with Crippen molar-refractivity contribution in [2.45, 2.75) is 53.1 Å². The molecule has 0 radical (unpaired) electrons. The quantitative estimate of drug-likeness (QED) is 0.559. The molecule has 1 aromatic rings. The molecule has 0 spiro atoms. The van der Waals surface area contributed by atoms with Crippen molar-refractivity contribution in [2.24, 2.45) is 5.92 Å². The van der Waals surface area contributed by atoms with Crippen LogP contribution >= 0.6 is 0 Å². The lowest BCUT2D eigenvalue weighted by Crippen LogP contribution is -2.30. The molecule has 0 aliphatic heterocycles. The SMILES string of the molecule is CCc1ccc(C(=O)C(F)C(=O)C(C)CC)cc1CC. The molecule has 0 aliphatic carbocycles. The fourth-order valence-electron chi connectivity index (χ4n) is 2.18. The first-order valence-corrected chi connectivity index (χ1v) is 7.29. The van der Waals surface area contributed by atoms with Gasteiger partial charge in [-0.05, 0) is 36.5 Å². The molecule has 0 fully saturated rings. The van der Waals surface area contributed by atoms with Crippen LogP contribution in [0.25, 0.3) is 0 Å². The Balaban J connectivity index is 3.00. The molecule has 0 heterocycles. The van der Waals surface area contributed by atoms with Gasteiger partial charge in [0.1, 0.15) is 0 Å². The average molecular weight is 278 g/mol. The zero-order valence-corrected chi connectivity index (χ0v) is 12.7. The molecule has 1 aromatic carbocycles. The Morgan fingerprint density at radius 1 is 1.10 bits per heavy atom. The number of hydrogen-bond donors (Lipinski definition) is 0. The molecule has 20 heavy (non-hydrogen) atoms. The molecular weight excluding hydrogens is 255 g/mol. The Bertz CT molecular complexity index is 494. The molecule has 2 nitrogen and oxygen atoms in total. The lowest BCUT2D eigenvalue weighted by atomic mass is 9.92. The average Bonchev–Trinajstić information content (AvgIpc) is 2.50. The van der Waals surface area contributed by atoms with E-state index in [1.165, 1.54) is 0 Å². The highest BCUT2D eigenvalue weighted by atomic mass is 19.1. The zero-order valence-electron chi connectivity index (χ0n) is 12.7. The van der Waals surface area contributed by atoms with E-state index < -0.39 is 23.7 Å². The summed E-state index contributed by atoms with van der Waals surface area (Å²) in [5.74, 6) is -1.75. The van der Waals surface area contributed by atoms with Crippen molar-refractivity contribution in [3.8, 4) is 0 Å². The number of halogens is 1. The molecule has 110 valence electrons. The lowest BCUT2D eigenvalue weighted by Gasteiger charge is -2.13. The number of Topliss-reactive ketones (excluding diaryl/α,β-unsaturated/α-hetero) is 2. The summed E-state index contributed by atoms with van der Waals surface area (Å²) in [5, 5.41) is 0. The standard InChI is InChI=1S/C17H23FO2/c1-5-11(4)16(19)15(18)17(20)14-9-8-12(6-2)13(7-3)10-14/h8-11,15H,5-7H2,1-4H3. The second kappa shape index (κ2) is 7.32.